The van der Waals surface area contributed by atoms with Crippen molar-refractivity contribution in [3.05, 3.63) is 29.8 Å². The van der Waals surface area contributed by atoms with E-state index in [0.717, 1.165) is 0 Å². The lowest BCUT2D eigenvalue weighted by Crippen LogP contribution is -2.45. The van der Waals surface area contributed by atoms with Gasteiger partial charge >= 0.3 is 12.0 Å². The Labute approximate surface area is 121 Å². The zero-order valence-electron chi connectivity index (χ0n) is 11.8. The van der Waals surface area contributed by atoms with Crippen LogP contribution in [0.2, 0.25) is 0 Å². The average Bonchev–Trinajstić information content (AvgIpc) is 2.74. The van der Waals surface area contributed by atoms with E-state index in [4.69, 9.17) is 9.47 Å². The number of imide groups is 1. The molecule has 2 rings (SSSR count). The molecule has 0 bridgehead atoms. The summed E-state index contributed by atoms with van der Waals surface area (Å²) < 4.78 is 9.94. The molecule has 1 fully saturated rings. The van der Waals surface area contributed by atoms with Crippen LogP contribution in [0.15, 0.2) is 24.3 Å². The van der Waals surface area contributed by atoms with Crippen LogP contribution in [-0.4, -0.2) is 31.6 Å². The number of nitrogens with one attached hydrogen (secondary N) is 2. The topological polar surface area (TPSA) is 93.7 Å². The van der Waals surface area contributed by atoms with Crippen molar-refractivity contribution >= 4 is 17.9 Å². The number of urea groups is 1. The minimum atomic E-state index is -1.45. The maximum Gasteiger partial charge on any atom is 0.322 e. The third-order valence-electron chi connectivity index (χ3n) is 3.24. The van der Waals surface area contributed by atoms with Crippen molar-refractivity contribution in [1.82, 2.24) is 10.6 Å². The molecule has 0 spiro atoms. The van der Waals surface area contributed by atoms with Gasteiger partial charge in [-0.3, -0.25) is 14.9 Å². The Hall–Kier alpha value is -2.57. The highest BCUT2D eigenvalue weighted by Gasteiger charge is 2.49. The molecule has 1 atom stereocenters. The van der Waals surface area contributed by atoms with Gasteiger partial charge in [-0.25, -0.2) is 4.79 Å². The molecular weight excluding hydrogens is 276 g/mol. The Morgan fingerprint density at radius 1 is 1.24 bits per heavy atom. The second-order valence-electron chi connectivity index (χ2n) is 4.52. The van der Waals surface area contributed by atoms with Crippen LogP contribution in [0.25, 0.3) is 0 Å². The van der Waals surface area contributed by atoms with Crippen molar-refractivity contribution in [3.8, 4) is 5.75 Å². The Morgan fingerprint density at radius 3 is 2.38 bits per heavy atom. The first-order chi connectivity index (χ1) is 10.0. The van der Waals surface area contributed by atoms with Gasteiger partial charge in [0, 0.05) is 0 Å². The molecule has 21 heavy (non-hydrogen) atoms. The lowest BCUT2D eigenvalue weighted by molar-refractivity contribution is -0.147. The number of benzene rings is 1. The Morgan fingerprint density at radius 2 is 1.90 bits per heavy atom. The SMILES string of the molecule is CCOC(=O)CC1(c2ccc(OC)cc2)NC(=O)NC1=O. The zero-order chi connectivity index (χ0) is 15.5. The van der Waals surface area contributed by atoms with Crippen LogP contribution in [0, 0.1) is 0 Å². The molecule has 7 nitrogen and oxygen atoms in total. The molecule has 1 aromatic rings. The molecule has 0 aromatic heterocycles. The molecule has 0 aliphatic carbocycles. The molecular formula is C14H16N2O5. The van der Waals surface area contributed by atoms with Crippen molar-refractivity contribution in [1.29, 1.82) is 0 Å². The summed E-state index contributed by atoms with van der Waals surface area (Å²) in [4.78, 5) is 35.4. The summed E-state index contributed by atoms with van der Waals surface area (Å²) in [7, 11) is 1.52. The van der Waals surface area contributed by atoms with Crippen LogP contribution < -0.4 is 15.4 Å². The highest BCUT2D eigenvalue weighted by molar-refractivity contribution is 6.08. The van der Waals surface area contributed by atoms with Gasteiger partial charge in [-0.15, -0.1) is 0 Å². The summed E-state index contributed by atoms with van der Waals surface area (Å²) in [6.07, 6.45) is -0.273. The predicted octanol–water partition coefficient (Wildman–Crippen LogP) is 0.683. The maximum atomic E-state index is 12.2. The van der Waals surface area contributed by atoms with E-state index in [9.17, 15) is 14.4 Å². The van der Waals surface area contributed by atoms with Crippen molar-refractivity contribution in [2.75, 3.05) is 13.7 Å². The monoisotopic (exact) mass is 292 g/mol. The fraction of sp³-hybridized carbons (Fsp3) is 0.357. The second kappa shape index (κ2) is 5.82. The van der Waals surface area contributed by atoms with Gasteiger partial charge in [0.25, 0.3) is 5.91 Å². The van der Waals surface area contributed by atoms with Crippen molar-refractivity contribution in [3.63, 3.8) is 0 Å². The van der Waals surface area contributed by atoms with Gasteiger partial charge in [0.05, 0.1) is 20.1 Å². The van der Waals surface area contributed by atoms with Crippen molar-refractivity contribution in [2.45, 2.75) is 18.9 Å². The number of hydrogen-bond acceptors (Lipinski definition) is 5. The molecule has 1 aromatic carbocycles. The molecule has 3 amide bonds. The number of rotatable bonds is 5. The number of carbonyl (C=O) groups excluding carboxylic acids is 3. The van der Waals surface area contributed by atoms with E-state index in [2.05, 4.69) is 10.6 Å². The van der Waals surface area contributed by atoms with E-state index in [0.29, 0.717) is 11.3 Å². The average molecular weight is 292 g/mol. The second-order valence-corrected chi connectivity index (χ2v) is 4.52. The Kier molecular flexibility index (Phi) is 4.11. The number of methoxy groups -OCH3 is 1. The lowest BCUT2D eigenvalue weighted by Gasteiger charge is -2.25. The van der Waals surface area contributed by atoms with Gasteiger partial charge in [-0.1, -0.05) is 12.1 Å². The van der Waals surface area contributed by atoms with E-state index in [-0.39, 0.29) is 13.0 Å². The third kappa shape index (κ3) is 2.81. The Bertz CT molecular complexity index is 569. The van der Waals surface area contributed by atoms with E-state index < -0.39 is 23.4 Å². The van der Waals surface area contributed by atoms with Crippen LogP contribution in [0.4, 0.5) is 4.79 Å². The predicted molar refractivity (Wildman–Crippen MR) is 72.6 cm³/mol. The summed E-state index contributed by atoms with van der Waals surface area (Å²) in [6, 6.07) is 5.92. The molecule has 1 aliphatic heterocycles. The highest BCUT2D eigenvalue weighted by atomic mass is 16.5. The number of ether oxygens (including phenoxy) is 2. The summed E-state index contributed by atoms with van der Waals surface area (Å²) in [5.41, 5.74) is -0.963. The molecule has 2 N–H and O–H groups in total. The molecule has 7 heteroatoms. The first-order valence-electron chi connectivity index (χ1n) is 6.45. The summed E-state index contributed by atoms with van der Waals surface area (Å²) >= 11 is 0. The molecule has 0 radical (unpaired) electrons. The highest BCUT2D eigenvalue weighted by Crippen LogP contribution is 2.30. The number of esters is 1. The molecule has 1 aliphatic rings. The lowest BCUT2D eigenvalue weighted by atomic mass is 9.86. The quantitative estimate of drug-likeness (QED) is 0.615. The number of carbonyl (C=O) groups is 3. The minimum Gasteiger partial charge on any atom is -0.497 e. The van der Waals surface area contributed by atoms with E-state index in [1.165, 1.54) is 7.11 Å². The molecule has 1 saturated heterocycles. The summed E-state index contributed by atoms with van der Waals surface area (Å²) in [5.74, 6) is -0.536. The summed E-state index contributed by atoms with van der Waals surface area (Å²) in [5, 5.41) is 4.67. The van der Waals surface area contributed by atoms with Gasteiger partial charge in [-0.05, 0) is 24.6 Å². The fourth-order valence-corrected chi connectivity index (χ4v) is 2.23. The van der Waals surface area contributed by atoms with Crippen LogP contribution >= 0.6 is 0 Å². The largest absolute Gasteiger partial charge is 0.497 e. The fourth-order valence-electron chi connectivity index (χ4n) is 2.23. The van der Waals surface area contributed by atoms with E-state index in [1.807, 2.05) is 0 Å². The van der Waals surface area contributed by atoms with Gasteiger partial charge < -0.3 is 14.8 Å². The van der Waals surface area contributed by atoms with Crippen LogP contribution in [-0.2, 0) is 19.9 Å². The molecule has 1 unspecified atom stereocenters. The van der Waals surface area contributed by atoms with Gasteiger partial charge in [-0.2, -0.15) is 0 Å². The van der Waals surface area contributed by atoms with E-state index >= 15 is 0 Å². The first kappa shape index (κ1) is 14.8. The van der Waals surface area contributed by atoms with E-state index in [1.54, 1.807) is 31.2 Å². The number of hydrogen-bond donors (Lipinski definition) is 2. The van der Waals surface area contributed by atoms with Crippen LogP contribution in [0.5, 0.6) is 5.75 Å². The van der Waals surface area contributed by atoms with Gasteiger partial charge in [0.1, 0.15) is 5.75 Å². The van der Waals surface area contributed by atoms with Crippen LogP contribution in [0.1, 0.15) is 18.9 Å². The molecule has 0 saturated carbocycles. The summed E-state index contributed by atoms with van der Waals surface area (Å²) in [6.45, 7) is 1.87. The Balaban J connectivity index is 2.37. The van der Waals surface area contributed by atoms with Gasteiger partial charge in [0.15, 0.2) is 5.54 Å². The first-order valence-corrected chi connectivity index (χ1v) is 6.45. The normalized spacial score (nSPS) is 20.7. The third-order valence-corrected chi connectivity index (χ3v) is 3.24. The smallest absolute Gasteiger partial charge is 0.322 e. The van der Waals surface area contributed by atoms with Crippen molar-refractivity contribution in [2.24, 2.45) is 0 Å². The van der Waals surface area contributed by atoms with Crippen molar-refractivity contribution < 1.29 is 23.9 Å². The molecule has 1 heterocycles. The van der Waals surface area contributed by atoms with Gasteiger partial charge in [0.2, 0.25) is 0 Å². The van der Waals surface area contributed by atoms with Crippen LogP contribution in [0.3, 0.4) is 0 Å². The molecule has 112 valence electrons. The maximum absolute atomic E-state index is 12.2. The standard InChI is InChI=1S/C14H16N2O5/c1-3-21-11(17)8-14(12(18)15-13(19)16-14)9-4-6-10(20-2)7-5-9/h4-7H,3,8H2,1-2H3,(H2,15,16,18,19). The number of amides is 3. The zero-order valence-corrected chi connectivity index (χ0v) is 11.8. The minimum absolute atomic E-state index is 0.201.